The maximum atomic E-state index is 13.4. The first-order valence-electron chi connectivity index (χ1n) is 8.09. The first-order chi connectivity index (χ1) is 12.3. The van der Waals surface area contributed by atoms with Gasteiger partial charge in [-0.25, -0.2) is 4.39 Å². The zero-order valence-corrected chi connectivity index (χ0v) is 15.4. The average molecular weight is 392 g/mol. The summed E-state index contributed by atoms with van der Waals surface area (Å²) in [7, 11) is 0. The minimum atomic E-state index is -1.01. The van der Waals surface area contributed by atoms with E-state index in [4.69, 9.17) is 11.6 Å². The van der Waals surface area contributed by atoms with E-state index in [9.17, 15) is 19.1 Å². The Morgan fingerprint density at radius 2 is 2.00 bits per heavy atom. The van der Waals surface area contributed by atoms with Crippen LogP contribution in [0.15, 0.2) is 47.4 Å². The van der Waals surface area contributed by atoms with Crippen LogP contribution in [0.4, 0.5) is 10.1 Å². The molecule has 134 valence electrons. The van der Waals surface area contributed by atoms with Crippen molar-refractivity contribution >= 4 is 40.9 Å². The number of fused-ring (bicyclic) bond motifs is 3. The van der Waals surface area contributed by atoms with E-state index in [0.29, 0.717) is 11.3 Å². The third-order valence-corrected chi connectivity index (χ3v) is 6.78. The molecular formula is C19H15ClFNO3S. The molecule has 3 unspecified atom stereocenters. The predicted molar refractivity (Wildman–Crippen MR) is 98.3 cm³/mol. The Hall–Kier alpha value is -2.05. The van der Waals surface area contributed by atoms with Crippen molar-refractivity contribution < 1.29 is 19.1 Å². The molecule has 0 radical (unpaired) electrons. The number of hydrogen-bond acceptors (Lipinski definition) is 3. The fourth-order valence-electron chi connectivity index (χ4n) is 3.74. The van der Waals surface area contributed by atoms with Gasteiger partial charge in [-0.05, 0) is 42.3 Å². The Morgan fingerprint density at radius 3 is 2.65 bits per heavy atom. The number of halogens is 2. The summed E-state index contributed by atoms with van der Waals surface area (Å²) in [5.41, 5.74) is 1.25. The van der Waals surface area contributed by atoms with E-state index in [0.717, 1.165) is 10.5 Å². The summed E-state index contributed by atoms with van der Waals surface area (Å²) >= 11 is 7.68. The van der Waals surface area contributed by atoms with Crippen LogP contribution in [0.3, 0.4) is 0 Å². The summed E-state index contributed by atoms with van der Waals surface area (Å²) in [4.78, 5) is 26.9. The molecule has 1 N–H and O–H groups in total. The fraction of sp³-hybridized carbons (Fsp3) is 0.263. The van der Waals surface area contributed by atoms with Crippen LogP contribution in [0.2, 0.25) is 0 Å². The van der Waals surface area contributed by atoms with Gasteiger partial charge in [0.1, 0.15) is 16.4 Å². The van der Waals surface area contributed by atoms with Gasteiger partial charge in [-0.15, -0.1) is 23.4 Å². The van der Waals surface area contributed by atoms with E-state index in [1.807, 2.05) is 25.1 Å². The molecule has 0 bridgehead atoms. The molecule has 2 aromatic rings. The molecule has 1 fully saturated rings. The van der Waals surface area contributed by atoms with Gasteiger partial charge in [-0.2, -0.15) is 0 Å². The number of β-lactam (4-membered cyclic amide) rings is 1. The van der Waals surface area contributed by atoms with Crippen molar-refractivity contribution in [3.8, 4) is 0 Å². The van der Waals surface area contributed by atoms with Crippen LogP contribution in [0, 0.1) is 12.7 Å². The summed E-state index contributed by atoms with van der Waals surface area (Å²) < 4.78 is 13.4. The number of anilines is 1. The number of nitrogens with zero attached hydrogens (tertiary/aromatic N) is 1. The quantitative estimate of drug-likeness (QED) is 0.622. The average Bonchev–Trinajstić information content (AvgIpc) is 2.75. The van der Waals surface area contributed by atoms with Gasteiger partial charge >= 0.3 is 5.97 Å². The van der Waals surface area contributed by atoms with Crippen molar-refractivity contribution in [2.24, 2.45) is 0 Å². The van der Waals surface area contributed by atoms with E-state index < -0.39 is 28.0 Å². The number of aryl methyl sites for hydroxylation is 1. The highest BCUT2D eigenvalue weighted by atomic mass is 35.5. The number of alkyl halides is 1. The van der Waals surface area contributed by atoms with Crippen LogP contribution in [0.5, 0.6) is 0 Å². The van der Waals surface area contributed by atoms with E-state index in [1.165, 1.54) is 23.9 Å². The second kappa shape index (κ2) is 5.99. The van der Waals surface area contributed by atoms with Crippen molar-refractivity contribution in [3.05, 3.63) is 59.4 Å². The van der Waals surface area contributed by atoms with Gasteiger partial charge in [-0.1, -0.05) is 18.2 Å². The molecule has 2 aromatic carbocycles. The molecule has 0 saturated carbocycles. The summed E-state index contributed by atoms with van der Waals surface area (Å²) in [6, 6.07) is 11.3. The topological polar surface area (TPSA) is 57.6 Å². The lowest BCUT2D eigenvalue weighted by Gasteiger charge is -2.55. The molecule has 4 rings (SSSR count). The van der Waals surface area contributed by atoms with Crippen molar-refractivity contribution in [1.82, 2.24) is 0 Å². The van der Waals surface area contributed by atoms with Crippen molar-refractivity contribution in [3.63, 3.8) is 0 Å². The van der Waals surface area contributed by atoms with Gasteiger partial charge in [-0.3, -0.25) is 14.5 Å². The number of amides is 1. The Kier molecular flexibility index (Phi) is 4.00. The van der Waals surface area contributed by atoms with Crippen LogP contribution >= 0.6 is 23.4 Å². The third-order valence-electron chi connectivity index (χ3n) is 5.00. The zero-order chi connectivity index (χ0) is 18.6. The normalized spacial score (nSPS) is 27.2. The van der Waals surface area contributed by atoms with E-state index in [1.54, 1.807) is 17.0 Å². The smallest absolute Gasteiger partial charge is 0.317 e. The van der Waals surface area contributed by atoms with Crippen molar-refractivity contribution in [2.75, 3.05) is 4.90 Å². The molecule has 3 atom stereocenters. The molecule has 0 aromatic heterocycles. The number of carboxylic acid groups (broad SMARTS) is 1. The van der Waals surface area contributed by atoms with Crippen LogP contribution < -0.4 is 4.90 Å². The van der Waals surface area contributed by atoms with E-state index >= 15 is 0 Å². The molecular weight excluding hydrogens is 377 g/mol. The predicted octanol–water partition coefficient (Wildman–Crippen LogP) is 3.93. The Morgan fingerprint density at radius 1 is 1.31 bits per heavy atom. The Bertz CT molecular complexity index is 920. The second-order valence-corrected chi connectivity index (χ2v) is 8.27. The number of carboxylic acids is 1. The third kappa shape index (κ3) is 2.36. The van der Waals surface area contributed by atoms with Crippen molar-refractivity contribution in [1.29, 1.82) is 0 Å². The van der Waals surface area contributed by atoms with Gasteiger partial charge in [0.25, 0.3) is 0 Å². The molecule has 0 aliphatic carbocycles. The highest BCUT2D eigenvalue weighted by molar-refractivity contribution is 8.00. The number of carbonyl (C=O) groups excluding carboxylic acids is 1. The highest BCUT2D eigenvalue weighted by Crippen LogP contribution is 2.56. The van der Waals surface area contributed by atoms with Gasteiger partial charge in [0.2, 0.25) is 5.91 Å². The molecule has 1 saturated heterocycles. The molecule has 0 spiro atoms. The summed E-state index contributed by atoms with van der Waals surface area (Å²) in [5.74, 6) is -1.64. The largest absolute Gasteiger partial charge is 0.480 e. The molecule has 2 aliphatic rings. The molecule has 7 heteroatoms. The SMILES string of the molecule is Cc1ccc2c(c1)SC(C(=O)O)CC1(c3ccc(F)cc3)C(Cl)C(=O)N21. The molecule has 4 nitrogen and oxygen atoms in total. The van der Waals surface area contributed by atoms with Crippen molar-refractivity contribution in [2.45, 2.75) is 34.4 Å². The molecule has 2 heterocycles. The number of carbonyl (C=O) groups is 2. The van der Waals surface area contributed by atoms with Crippen LogP contribution in [0.1, 0.15) is 17.5 Å². The maximum absolute atomic E-state index is 13.4. The molecule has 26 heavy (non-hydrogen) atoms. The lowest BCUT2D eigenvalue weighted by Crippen LogP contribution is -2.71. The second-order valence-electron chi connectivity index (χ2n) is 6.59. The zero-order valence-electron chi connectivity index (χ0n) is 13.8. The van der Waals surface area contributed by atoms with E-state index in [2.05, 4.69) is 0 Å². The van der Waals surface area contributed by atoms with Crippen LogP contribution in [-0.2, 0) is 15.1 Å². The lowest BCUT2D eigenvalue weighted by molar-refractivity contribution is -0.138. The van der Waals surface area contributed by atoms with Gasteiger partial charge in [0, 0.05) is 11.3 Å². The van der Waals surface area contributed by atoms with Gasteiger partial charge in [0.05, 0.1) is 11.2 Å². The minimum Gasteiger partial charge on any atom is -0.480 e. The standard InChI is InChI=1S/C19H15ClFNO3S/c1-10-2-7-13-14(8-10)26-15(18(24)25)9-19(16(20)17(23)22(13)19)11-3-5-12(21)6-4-11/h2-8,15-16H,9H2,1H3,(H,24,25). The molecule has 1 amide bonds. The summed E-state index contributed by atoms with van der Waals surface area (Å²) in [5, 5.41) is 8.04. The summed E-state index contributed by atoms with van der Waals surface area (Å²) in [6.07, 6.45) is 0.145. The monoisotopic (exact) mass is 391 g/mol. The first kappa shape index (κ1) is 17.4. The summed E-state index contributed by atoms with van der Waals surface area (Å²) in [6.45, 7) is 1.91. The number of benzene rings is 2. The highest BCUT2D eigenvalue weighted by Gasteiger charge is 2.63. The number of thioether (sulfide) groups is 1. The fourth-order valence-corrected chi connectivity index (χ4v) is 5.43. The number of rotatable bonds is 2. The Balaban J connectivity index is 1.95. The van der Waals surface area contributed by atoms with Gasteiger partial charge < -0.3 is 5.11 Å². The lowest BCUT2D eigenvalue weighted by atomic mass is 9.73. The number of hydrogen-bond donors (Lipinski definition) is 1. The maximum Gasteiger partial charge on any atom is 0.317 e. The minimum absolute atomic E-state index is 0.145. The van der Waals surface area contributed by atoms with E-state index in [-0.39, 0.29) is 12.3 Å². The molecule has 2 aliphatic heterocycles. The van der Waals surface area contributed by atoms with Crippen LogP contribution in [-0.4, -0.2) is 27.6 Å². The Labute approximate surface area is 159 Å². The van der Waals surface area contributed by atoms with Gasteiger partial charge in [0.15, 0.2) is 0 Å². The first-order valence-corrected chi connectivity index (χ1v) is 9.40. The van der Waals surface area contributed by atoms with Crippen LogP contribution in [0.25, 0.3) is 0 Å². The number of aliphatic carboxylic acids is 1.